The molecule has 2 heteroatoms. The normalized spacial score (nSPS) is 20.3. The average molecular weight is 214 g/mol. The van der Waals surface area contributed by atoms with Crippen molar-refractivity contribution in [3.63, 3.8) is 0 Å². The molecule has 3 rings (SSSR count). The minimum absolute atomic E-state index is 0.701. The third-order valence-corrected chi connectivity index (χ3v) is 3.80. The first kappa shape index (κ1) is 9.91. The van der Waals surface area contributed by atoms with Crippen LogP contribution in [0.5, 0.6) is 0 Å². The van der Waals surface area contributed by atoms with Gasteiger partial charge in [0.1, 0.15) is 0 Å². The Kier molecular flexibility index (Phi) is 2.25. The topological polar surface area (TPSA) is 19.0 Å². The van der Waals surface area contributed by atoms with E-state index in [4.69, 9.17) is 0 Å². The van der Waals surface area contributed by atoms with Crippen molar-refractivity contribution in [1.82, 2.24) is 9.88 Å². The van der Waals surface area contributed by atoms with Crippen LogP contribution < -0.4 is 0 Å². The van der Waals surface area contributed by atoms with Gasteiger partial charge in [0.25, 0.3) is 0 Å². The summed E-state index contributed by atoms with van der Waals surface area (Å²) in [7, 11) is 4.37. The van der Waals surface area contributed by atoms with E-state index < -0.39 is 0 Å². The van der Waals surface area contributed by atoms with Crippen molar-refractivity contribution < 1.29 is 0 Å². The van der Waals surface area contributed by atoms with Gasteiger partial charge in [-0.3, -0.25) is 0 Å². The Hall–Kier alpha value is -1.28. The highest BCUT2D eigenvalue weighted by Gasteiger charge is 2.23. The summed E-state index contributed by atoms with van der Waals surface area (Å²) in [4.78, 5) is 5.91. The zero-order chi connectivity index (χ0) is 11.1. The lowest BCUT2D eigenvalue weighted by Gasteiger charge is -2.28. The van der Waals surface area contributed by atoms with E-state index in [9.17, 15) is 0 Å². The van der Waals surface area contributed by atoms with Crippen molar-refractivity contribution in [2.45, 2.75) is 25.3 Å². The number of aromatic amines is 1. The summed E-state index contributed by atoms with van der Waals surface area (Å²) in [6, 6.07) is 9.36. The molecule has 1 unspecified atom stereocenters. The van der Waals surface area contributed by atoms with Gasteiger partial charge < -0.3 is 9.88 Å². The lowest BCUT2D eigenvalue weighted by Crippen LogP contribution is -2.33. The van der Waals surface area contributed by atoms with E-state index >= 15 is 0 Å². The SMILES string of the molecule is CN(C)C1CCc2[nH]c3ccccc3c2C1. The third kappa shape index (κ3) is 1.45. The van der Waals surface area contributed by atoms with Crippen LogP contribution in [0.4, 0.5) is 0 Å². The molecule has 0 aliphatic heterocycles. The maximum atomic E-state index is 3.56. The first-order chi connectivity index (χ1) is 7.75. The zero-order valence-corrected chi connectivity index (χ0v) is 9.96. The highest BCUT2D eigenvalue weighted by molar-refractivity contribution is 5.84. The van der Waals surface area contributed by atoms with Crippen molar-refractivity contribution in [2.75, 3.05) is 14.1 Å². The fourth-order valence-corrected chi connectivity index (χ4v) is 2.79. The van der Waals surface area contributed by atoms with Crippen molar-refractivity contribution in [3.05, 3.63) is 35.5 Å². The molecule has 1 heterocycles. The summed E-state index contributed by atoms with van der Waals surface area (Å²) in [5.74, 6) is 0. The second-order valence-corrected chi connectivity index (χ2v) is 4.99. The van der Waals surface area contributed by atoms with Crippen LogP contribution >= 0.6 is 0 Å². The van der Waals surface area contributed by atoms with Crippen LogP contribution in [-0.4, -0.2) is 30.0 Å². The van der Waals surface area contributed by atoms with Crippen LogP contribution in [0.1, 0.15) is 17.7 Å². The number of rotatable bonds is 1. The van der Waals surface area contributed by atoms with E-state index in [1.165, 1.54) is 35.9 Å². The molecule has 1 atom stereocenters. The highest BCUT2D eigenvalue weighted by atomic mass is 15.1. The molecule has 1 aliphatic rings. The van der Waals surface area contributed by atoms with Crippen LogP contribution in [0.25, 0.3) is 10.9 Å². The van der Waals surface area contributed by atoms with E-state index in [0.717, 1.165) is 0 Å². The highest BCUT2D eigenvalue weighted by Crippen LogP contribution is 2.30. The molecule has 0 fully saturated rings. The standard InChI is InChI=1S/C14H18N2/c1-16(2)10-7-8-14-12(9-10)11-5-3-4-6-13(11)15-14/h3-6,10,15H,7-9H2,1-2H3. The van der Waals surface area contributed by atoms with Gasteiger partial charge in [-0.2, -0.15) is 0 Å². The molecule has 0 saturated carbocycles. The van der Waals surface area contributed by atoms with Crippen LogP contribution in [0, 0.1) is 0 Å². The number of hydrogen-bond acceptors (Lipinski definition) is 1. The molecule has 0 amide bonds. The first-order valence-electron chi connectivity index (χ1n) is 6.00. The summed E-state index contributed by atoms with van der Waals surface area (Å²) in [5, 5.41) is 1.42. The summed E-state index contributed by atoms with van der Waals surface area (Å²) >= 11 is 0. The molecule has 1 N–H and O–H groups in total. The van der Waals surface area contributed by atoms with Gasteiger partial charge in [-0.15, -0.1) is 0 Å². The fraction of sp³-hybridized carbons (Fsp3) is 0.429. The monoisotopic (exact) mass is 214 g/mol. The number of hydrogen-bond donors (Lipinski definition) is 1. The number of para-hydroxylation sites is 1. The molecule has 0 bridgehead atoms. The van der Waals surface area contributed by atoms with Crippen LogP contribution in [0.2, 0.25) is 0 Å². The van der Waals surface area contributed by atoms with Gasteiger partial charge in [0, 0.05) is 22.6 Å². The van der Waals surface area contributed by atoms with E-state index in [1.807, 2.05) is 0 Å². The van der Waals surface area contributed by atoms with E-state index in [0.29, 0.717) is 6.04 Å². The average Bonchev–Trinajstić information content (AvgIpc) is 2.66. The molecule has 2 nitrogen and oxygen atoms in total. The molecule has 84 valence electrons. The molecular formula is C14H18N2. The van der Waals surface area contributed by atoms with Crippen LogP contribution in [0.3, 0.4) is 0 Å². The Bertz CT molecular complexity index is 510. The number of benzene rings is 1. The molecule has 16 heavy (non-hydrogen) atoms. The van der Waals surface area contributed by atoms with Crippen molar-refractivity contribution in [3.8, 4) is 0 Å². The van der Waals surface area contributed by atoms with E-state index in [2.05, 4.69) is 48.2 Å². The van der Waals surface area contributed by atoms with Gasteiger partial charge in [-0.25, -0.2) is 0 Å². The van der Waals surface area contributed by atoms with Gasteiger partial charge in [0.15, 0.2) is 0 Å². The van der Waals surface area contributed by atoms with Crippen molar-refractivity contribution >= 4 is 10.9 Å². The number of aromatic nitrogens is 1. The van der Waals surface area contributed by atoms with Crippen molar-refractivity contribution in [2.24, 2.45) is 0 Å². The molecule has 1 aromatic carbocycles. The second-order valence-electron chi connectivity index (χ2n) is 4.99. The number of aryl methyl sites for hydroxylation is 1. The lowest BCUT2D eigenvalue weighted by molar-refractivity contribution is 0.268. The minimum atomic E-state index is 0.701. The molecular weight excluding hydrogens is 196 g/mol. The Morgan fingerprint density at radius 1 is 1.25 bits per heavy atom. The smallest absolute Gasteiger partial charge is 0.0458 e. The quantitative estimate of drug-likeness (QED) is 0.773. The molecule has 1 aromatic heterocycles. The maximum Gasteiger partial charge on any atom is 0.0458 e. The maximum absolute atomic E-state index is 3.56. The Labute approximate surface area is 96.3 Å². The Morgan fingerprint density at radius 3 is 2.88 bits per heavy atom. The van der Waals surface area contributed by atoms with Crippen LogP contribution in [-0.2, 0) is 12.8 Å². The summed E-state index contributed by atoms with van der Waals surface area (Å²) in [5.41, 5.74) is 4.30. The number of fused-ring (bicyclic) bond motifs is 3. The summed E-state index contributed by atoms with van der Waals surface area (Å²) in [6.07, 6.45) is 3.64. The number of likely N-dealkylation sites (N-methyl/N-ethyl adjacent to an activating group) is 1. The predicted molar refractivity (Wildman–Crippen MR) is 67.8 cm³/mol. The van der Waals surface area contributed by atoms with Gasteiger partial charge in [0.2, 0.25) is 0 Å². The second kappa shape index (κ2) is 3.63. The summed E-state index contributed by atoms with van der Waals surface area (Å²) in [6.45, 7) is 0. The zero-order valence-electron chi connectivity index (χ0n) is 9.96. The number of H-pyrrole nitrogens is 1. The van der Waals surface area contributed by atoms with E-state index in [-0.39, 0.29) is 0 Å². The van der Waals surface area contributed by atoms with Gasteiger partial charge in [-0.1, -0.05) is 18.2 Å². The molecule has 1 aliphatic carbocycles. The first-order valence-corrected chi connectivity index (χ1v) is 6.00. The van der Waals surface area contributed by atoms with Crippen molar-refractivity contribution in [1.29, 1.82) is 0 Å². The lowest BCUT2D eigenvalue weighted by atomic mass is 9.91. The predicted octanol–water partition coefficient (Wildman–Crippen LogP) is 2.59. The van der Waals surface area contributed by atoms with Gasteiger partial charge in [-0.05, 0) is 45.0 Å². The summed E-state index contributed by atoms with van der Waals surface area (Å²) < 4.78 is 0. The van der Waals surface area contributed by atoms with Gasteiger partial charge >= 0.3 is 0 Å². The molecule has 2 aromatic rings. The number of nitrogens with zero attached hydrogens (tertiary/aromatic N) is 1. The number of nitrogens with one attached hydrogen (secondary N) is 1. The third-order valence-electron chi connectivity index (χ3n) is 3.80. The van der Waals surface area contributed by atoms with E-state index in [1.54, 1.807) is 5.56 Å². The Morgan fingerprint density at radius 2 is 2.06 bits per heavy atom. The van der Waals surface area contributed by atoms with Crippen LogP contribution in [0.15, 0.2) is 24.3 Å². The largest absolute Gasteiger partial charge is 0.358 e. The fourth-order valence-electron chi connectivity index (χ4n) is 2.79. The molecule has 0 saturated heterocycles. The molecule has 0 spiro atoms. The van der Waals surface area contributed by atoms with Gasteiger partial charge in [0.05, 0.1) is 0 Å². The Balaban J connectivity index is 2.08. The minimum Gasteiger partial charge on any atom is -0.358 e. The molecule has 0 radical (unpaired) electrons.